The van der Waals surface area contributed by atoms with Crippen LogP contribution in [0.2, 0.25) is 0 Å². The molecule has 6 heteroatoms. The van der Waals surface area contributed by atoms with Crippen LogP contribution in [0.25, 0.3) is 0 Å². The van der Waals surface area contributed by atoms with E-state index in [9.17, 15) is 13.2 Å². The number of carbonyl (C=O) groups is 1. The lowest BCUT2D eigenvalue weighted by Gasteiger charge is -2.27. The van der Waals surface area contributed by atoms with Gasteiger partial charge in [0.05, 0.1) is 4.90 Å². The molecule has 0 bridgehead atoms. The van der Waals surface area contributed by atoms with Crippen molar-refractivity contribution in [2.75, 3.05) is 18.0 Å². The second kappa shape index (κ2) is 6.52. The summed E-state index contributed by atoms with van der Waals surface area (Å²) in [6.45, 7) is 2.93. The minimum atomic E-state index is -3.67. The molecule has 2 heterocycles. The van der Waals surface area contributed by atoms with E-state index in [1.165, 1.54) is 4.31 Å². The molecule has 1 saturated heterocycles. The smallest absolute Gasteiger partial charge is 0.245 e. The second-order valence-electron chi connectivity index (χ2n) is 6.96. The van der Waals surface area contributed by atoms with Crippen LogP contribution in [0.4, 0.5) is 5.69 Å². The summed E-state index contributed by atoms with van der Waals surface area (Å²) in [7, 11) is -3.67. The predicted octanol–water partition coefficient (Wildman–Crippen LogP) is 2.74. The Kier molecular flexibility index (Phi) is 4.32. The van der Waals surface area contributed by atoms with Crippen molar-refractivity contribution in [2.45, 2.75) is 37.1 Å². The van der Waals surface area contributed by atoms with Crippen LogP contribution in [-0.4, -0.2) is 37.8 Å². The summed E-state index contributed by atoms with van der Waals surface area (Å²) < 4.78 is 27.5. The van der Waals surface area contributed by atoms with Gasteiger partial charge in [-0.05, 0) is 49.9 Å². The number of hydrogen-bond donors (Lipinski definition) is 0. The highest BCUT2D eigenvalue weighted by Gasteiger charge is 2.42. The molecule has 1 amide bonds. The van der Waals surface area contributed by atoms with Gasteiger partial charge in [-0.15, -0.1) is 0 Å². The summed E-state index contributed by atoms with van der Waals surface area (Å²) >= 11 is 0. The number of para-hydroxylation sites is 1. The normalized spacial score (nSPS) is 20.3. The van der Waals surface area contributed by atoms with Crippen molar-refractivity contribution in [1.82, 2.24) is 4.31 Å². The minimum absolute atomic E-state index is 0.108. The van der Waals surface area contributed by atoms with Crippen molar-refractivity contribution < 1.29 is 13.2 Å². The molecule has 0 aliphatic carbocycles. The Balaban J connectivity index is 1.63. The Morgan fingerprint density at radius 1 is 1.04 bits per heavy atom. The SMILES string of the molecule is Cc1ccc(S(=O)(=O)N2CCCC2C(=O)N2CCc3ccccc32)cc1. The molecule has 0 spiro atoms. The van der Waals surface area contributed by atoms with E-state index < -0.39 is 16.1 Å². The largest absolute Gasteiger partial charge is 0.310 e. The van der Waals surface area contributed by atoms with E-state index in [0.29, 0.717) is 25.9 Å². The van der Waals surface area contributed by atoms with E-state index >= 15 is 0 Å². The van der Waals surface area contributed by atoms with E-state index in [0.717, 1.165) is 23.2 Å². The molecule has 0 saturated carbocycles. The van der Waals surface area contributed by atoms with Crippen molar-refractivity contribution in [3.05, 3.63) is 59.7 Å². The summed E-state index contributed by atoms with van der Waals surface area (Å²) in [5.74, 6) is -0.108. The van der Waals surface area contributed by atoms with E-state index in [1.807, 2.05) is 31.2 Å². The first-order chi connectivity index (χ1) is 12.5. The first-order valence-electron chi connectivity index (χ1n) is 8.96. The van der Waals surface area contributed by atoms with Gasteiger partial charge in [-0.25, -0.2) is 8.42 Å². The highest BCUT2D eigenvalue weighted by molar-refractivity contribution is 7.89. The maximum absolute atomic E-state index is 13.2. The topological polar surface area (TPSA) is 57.7 Å². The molecule has 1 fully saturated rings. The third kappa shape index (κ3) is 2.83. The molecule has 2 aromatic rings. The van der Waals surface area contributed by atoms with Crippen LogP contribution in [-0.2, 0) is 21.2 Å². The second-order valence-corrected chi connectivity index (χ2v) is 8.85. The number of aryl methyl sites for hydroxylation is 1. The molecule has 2 aliphatic heterocycles. The Labute approximate surface area is 154 Å². The maximum Gasteiger partial charge on any atom is 0.245 e. The number of sulfonamides is 1. The minimum Gasteiger partial charge on any atom is -0.310 e. The molecular weight excluding hydrogens is 348 g/mol. The fourth-order valence-electron chi connectivity index (χ4n) is 3.87. The Bertz CT molecular complexity index is 938. The molecule has 1 unspecified atom stereocenters. The molecule has 5 nitrogen and oxygen atoms in total. The van der Waals surface area contributed by atoms with Crippen LogP contribution in [0.15, 0.2) is 53.4 Å². The summed E-state index contributed by atoms with van der Waals surface area (Å²) in [4.78, 5) is 15.2. The lowest BCUT2D eigenvalue weighted by Crippen LogP contribution is -2.47. The van der Waals surface area contributed by atoms with Gasteiger partial charge in [0, 0.05) is 18.8 Å². The van der Waals surface area contributed by atoms with Crippen molar-refractivity contribution in [2.24, 2.45) is 0 Å². The number of carbonyl (C=O) groups excluding carboxylic acids is 1. The molecule has 2 aliphatic rings. The molecule has 26 heavy (non-hydrogen) atoms. The fourth-order valence-corrected chi connectivity index (χ4v) is 5.52. The van der Waals surface area contributed by atoms with Gasteiger partial charge < -0.3 is 4.90 Å². The van der Waals surface area contributed by atoms with E-state index in [1.54, 1.807) is 29.2 Å². The molecule has 0 N–H and O–H groups in total. The highest BCUT2D eigenvalue weighted by atomic mass is 32.2. The molecule has 1 atom stereocenters. The van der Waals surface area contributed by atoms with Gasteiger partial charge in [0.15, 0.2) is 0 Å². The van der Waals surface area contributed by atoms with Crippen molar-refractivity contribution >= 4 is 21.6 Å². The third-order valence-corrected chi connectivity index (χ3v) is 7.19. The maximum atomic E-state index is 13.2. The molecule has 4 rings (SSSR count). The lowest BCUT2D eigenvalue weighted by atomic mass is 10.1. The molecule has 0 aromatic heterocycles. The van der Waals surface area contributed by atoms with E-state index in [-0.39, 0.29) is 10.8 Å². The van der Waals surface area contributed by atoms with E-state index in [2.05, 4.69) is 0 Å². The average molecular weight is 370 g/mol. The van der Waals surface area contributed by atoms with E-state index in [4.69, 9.17) is 0 Å². The number of amides is 1. The zero-order valence-electron chi connectivity index (χ0n) is 14.8. The monoisotopic (exact) mass is 370 g/mol. The summed E-state index contributed by atoms with van der Waals surface area (Å²) in [6.07, 6.45) is 2.10. The quantitative estimate of drug-likeness (QED) is 0.835. The fraction of sp³-hybridized carbons (Fsp3) is 0.350. The van der Waals surface area contributed by atoms with Gasteiger partial charge >= 0.3 is 0 Å². The van der Waals surface area contributed by atoms with Gasteiger partial charge in [-0.1, -0.05) is 35.9 Å². The molecule has 136 valence electrons. The zero-order chi connectivity index (χ0) is 18.3. The van der Waals surface area contributed by atoms with Gasteiger partial charge in [0.1, 0.15) is 6.04 Å². The van der Waals surface area contributed by atoms with Crippen LogP contribution in [0.1, 0.15) is 24.0 Å². The van der Waals surface area contributed by atoms with Crippen LogP contribution >= 0.6 is 0 Å². The number of hydrogen-bond acceptors (Lipinski definition) is 3. The summed E-state index contributed by atoms with van der Waals surface area (Å²) in [5.41, 5.74) is 3.07. The van der Waals surface area contributed by atoms with Crippen LogP contribution in [0.3, 0.4) is 0 Å². The van der Waals surface area contributed by atoms with Gasteiger partial charge in [-0.2, -0.15) is 4.31 Å². The van der Waals surface area contributed by atoms with Gasteiger partial charge in [-0.3, -0.25) is 4.79 Å². The number of nitrogens with zero attached hydrogens (tertiary/aromatic N) is 2. The molecule has 0 radical (unpaired) electrons. The molecular formula is C20H22N2O3S. The van der Waals surface area contributed by atoms with Gasteiger partial charge in [0.2, 0.25) is 15.9 Å². The lowest BCUT2D eigenvalue weighted by molar-refractivity contribution is -0.121. The van der Waals surface area contributed by atoms with Crippen LogP contribution in [0, 0.1) is 6.92 Å². The van der Waals surface area contributed by atoms with Crippen molar-refractivity contribution in [1.29, 1.82) is 0 Å². The van der Waals surface area contributed by atoms with Gasteiger partial charge in [0.25, 0.3) is 0 Å². The molecule has 2 aromatic carbocycles. The number of rotatable bonds is 3. The Morgan fingerprint density at radius 2 is 1.77 bits per heavy atom. The first-order valence-corrected chi connectivity index (χ1v) is 10.4. The zero-order valence-corrected chi connectivity index (χ0v) is 15.6. The van der Waals surface area contributed by atoms with Crippen LogP contribution < -0.4 is 4.90 Å². The highest BCUT2D eigenvalue weighted by Crippen LogP contribution is 2.32. The first kappa shape index (κ1) is 17.2. The summed E-state index contributed by atoms with van der Waals surface area (Å²) in [5, 5.41) is 0. The van der Waals surface area contributed by atoms with Crippen molar-refractivity contribution in [3.8, 4) is 0 Å². The number of benzene rings is 2. The standard InChI is InChI=1S/C20H22N2O3S/c1-15-8-10-17(11-9-15)26(24,25)22-13-4-7-19(22)20(23)21-14-12-16-5-2-3-6-18(16)21/h2-3,5-6,8-11,19H,4,7,12-14H2,1H3. The predicted molar refractivity (Wildman–Crippen MR) is 101 cm³/mol. The third-order valence-electron chi connectivity index (χ3n) is 5.27. The number of anilines is 1. The Morgan fingerprint density at radius 3 is 2.54 bits per heavy atom. The average Bonchev–Trinajstić information content (AvgIpc) is 3.29. The van der Waals surface area contributed by atoms with Crippen LogP contribution in [0.5, 0.6) is 0 Å². The summed E-state index contributed by atoms with van der Waals surface area (Å²) in [6, 6.07) is 14.0. The Hall–Kier alpha value is -2.18. The number of fused-ring (bicyclic) bond motifs is 1. The van der Waals surface area contributed by atoms with Crippen molar-refractivity contribution in [3.63, 3.8) is 0 Å².